The first-order valence-corrected chi connectivity index (χ1v) is 9.55. The van der Waals surface area contributed by atoms with Crippen molar-refractivity contribution in [3.8, 4) is 5.75 Å². The molecular formula is C23H18ClNO5. The van der Waals surface area contributed by atoms with Crippen molar-refractivity contribution in [1.29, 1.82) is 0 Å². The predicted octanol–water partition coefficient (Wildman–Crippen LogP) is 4.88. The Hall–Kier alpha value is -3.51. The normalized spacial score (nSPS) is 18.1. The Morgan fingerprint density at radius 2 is 1.93 bits per heavy atom. The summed E-state index contributed by atoms with van der Waals surface area (Å²) in [5.74, 6) is -1.19. The number of nitrogens with zero attached hydrogens (tertiary/aromatic N) is 1. The summed E-state index contributed by atoms with van der Waals surface area (Å²) in [5.41, 5.74) is 1.53. The second kappa shape index (κ2) is 7.72. The molecule has 0 bridgehead atoms. The Labute approximate surface area is 177 Å². The standard InChI is InChI=1S/C23H18ClNO5/c1-13-5-3-6-14(11-13)25-20(18-7-4-10-30-18)19(22(27)23(25)28)21(26)16-12-15(29-2)8-9-17(16)24/h3-12,20,26H,1-2H3/b21-19-. The number of furan rings is 1. The zero-order valence-electron chi connectivity index (χ0n) is 16.3. The minimum absolute atomic E-state index is 0.105. The number of rotatable bonds is 4. The third-order valence-corrected chi connectivity index (χ3v) is 5.30. The van der Waals surface area contributed by atoms with Crippen molar-refractivity contribution in [1.82, 2.24) is 0 Å². The number of ketones is 1. The zero-order valence-corrected chi connectivity index (χ0v) is 17.0. The molecule has 1 amide bonds. The average molecular weight is 424 g/mol. The molecule has 1 aromatic heterocycles. The fourth-order valence-corrected chi connectivity index (χ4v) is 3.76. The van der Waals surface area contributed by atoms with Gasteiger partial charge in [0.15, 0.2) is 0 Å². The first-order chi connectivity index (χ1) is 14.4. The van der Waals surface area contributed by atoms with Crippen LogP contribution >= 0.6 is 11.6 Å². The van der Waals surface area contributed by atoms with Crippen LogP contribution in [0.3, 0.4) is 0 Å². The molecule has 1 fully saturated rings. The van der Waals surface area contributed by atoms with Gasteiger partial charge in [0.25, 0.3) is 11.7 Å². The number of carbonyl (C=O) groups excluding carboxylic acids is 2. The van der Waals surface area contributed by atoms with Gasteiger partial charge in [-0.1, -0.05) is 23.7 Å². The van der Waals surface area contributed by atoms with Crippen LogP contribution in [0.4, 0.5) is 5.69 Å². The van der Waals surface area contributed by atoms with Crippen molar-refractivity contribution >= 4 is 34.7 Å². The van der Waals surface area contributed by atoms with Crippen LogP contribution in [-0.4, -0.2) is 23.9 Å². The Morgan fingerprint density at radius 3 is 2.60 bits per heavy atom. The van der Waals surface area contributed by atoms with Gasteiger partial charge in [0, 0.05) is 11.3 Å². The maximum absolute atomic E-state index is 13.0. The smallest absolute Gasteiger partial charge is 0.300 e. The number of hydrogen-bond acceptors (Lipinski definition) is 5. The van der Waals surface area contributed by atoms with E-state index >= 15 is 0 Å². The Kier molecular flexibility index (Phi) is 5.10. The topological polar surface area (TPSA) is 80.0 Å². The van der Waals surface area contributed by atoms with Gasteiger partial charge in [0.1, 0.15) is 23.3 Å². The molecule has 1 unspecified atom stereocenters. The van der Waals surface area contributed by atoms with Gasteiger partial charge in [-0.3, -0.25) is 14.5 Å². The summed E-state index contributed by atoms with van der Waals surface area (Å²) in [4.78, 5) is 27.4. The fraction of sp³-hybridized carbons (Fsp3) is 0.130. The number of hydrogen-bond donors (Lipinski definition) is 1. The highest BCUT2D eigenvalue weighted by Crippen LogP contribution is 2.43. The van der Waals surface area contributed by atoms with E-state index in [2.05, 4.69) is 0 Å². The fourth-order valence-electron chi connectivity index (χ4n) is 3.55. The molecule has 3 aromatic rings. The molecule has 30 heavy (non-hydrogen) atoms. The third-order valence-electron chi connectivity index (χ3n) is 4.97. The van der Waals surface area contributed by atoms with Crippen molar-refractivity contribution < 1.29 is 23.8 Å². The highest BCUT2D eigenvalue weighted by molar-refractivity contribution is 6.52. The van der Waals surface area contributed by atoms with Crippen LogP contribution in [0.5, 0.6) is 5.75 Å². The molecular weight excluding hydrogens is 406 g/mol. The maximum atomic E-state index is 13.0. The van der Waals surface area contributed by atoms with Gasteiger partial charge < -0.3 is 14.3 Å². The average Bonchev–Trinajstić information content (AvgIpc) is 3.35. The zero-order chi connectivity index (χ0) is 21.4. The van der Waals surface area contributed by atoms with Crippen LogP contribution < -0.4 is 9.64 Å². The van der Waals surface area contributed by atoms with E-state index in [0.717, 1.165) is 5.56 Å². The van der Waals surface area contributed by atoms with E-state index in [9.17, 15) is 14.7 Å². The summed E-state index contributed by atoms with van der Waals surface area (Å²) in [6.45, 7) is 1.89. The van der Waals surface area contributed by atoms with E-state index in [1.54, 1.807) is 42.5 Å². The summed E-state index contributed by atoms with van der Waals surface area (Å²) < 4.78 is 10.7. The first-order valence-electron chi connectivity index (χ1n) is 9.17. The lowest BCUT2D eigenvalue weighted by molar-refractivity contribution is -0.132. The molecule has 0 saturated carbocycles. The number of benzene rings is 2. The molecule has 2 heterocycles. The van der Waals surface area contributed by atoms with Gasteiger partial charge in [-0.25, -0.2) is 0 Å². The van der Waals surface area contributed by atoms with Gasteiger partial charge in [0.05, 0.1) is 24.0 Å². The molecule has 1 aliphatic heterocycles. The Morgan fingerprint density at radius 1 is 1.13 bits per heavy atom. The lowest BCUT2D eigenvalue weighted by Gasteiger charge is -2.23. The molecule has 4 rings (SSSR count). The van der Waals surface area contributed by atoms with Crippen LogP contribution in [0.1, 0.15) is 22.9 Å². The van der Waals surface area contributed by atoms with E-state index in [0.29, 0.717) is 17.2 Å². The van der Waals surface area contributed by atoms with E-state index in [1.807, 2.05) is 13.0 Å². The molecule has 6 nitrogen and oxygen atoms in total. The molecule has 1 atom stereocenters. The van der Waals surface area contributed by atoms with Crippen molar-refractivity contribution in [3.05, 3.63) is 88.3 Å². The number of carbonyl (C=O) groups is 2. The van der Waals surface area contributed by atoms with Gasteiger partial charge in [-0.05, 0) is 55.0 Å². The number of methoxy groups -OCH3 is 1. The quantitative estimate of drug-likeness (QED) is 0.367. The highest BCUT2D eigenvalue weighted by Gasteiger charge is 2.48. The summed E-state index contributed by atoms with van der Waals surface area (Å²) in [6.07, 6.45) is 1.45. The largest absolute Gasteiger partial charge is 0.507 e. The summed E-state index contributed by atoms with van der Waals surface area (Å²) in [5, 5.41) is 11.3. The van der Waals surface area contributed by atoms with Crippen molar-refractivity contribution in [2.24, 2.45) is 0 Å². The van der Waals surface area contributed by atoms with Crippen LogP contribution in [0.2, 0.25) is 5.02 Å². The van der Waals surface area contributed by atoms with E-state index < -0.39 is 23.5 Å². The molecule has 1 aliphatic rings. The molecule has 1 saturated heterocycles. The third kappa shape index (κ3) is 3.25. The Balaban J connectivity index is 1.96. The van der Waals surface area contributed by atoms with Gasteiger partial charge in [-0.2, -0.15) is 0 Å². The maximum Gasteiger partial charge on any atom is 0.300 e. The molecule has 0 aliphatic carbocycles. The van der Waals surface area contributed by atoms with Crippen molar-refractivity contribution in [2.45, 2.75) is 13.0 Å². The second-order valence-corrected chi connectivity index (χ2v) is 7.28. The monoisotopic (exact) mass is 423 g/mol. The summed E-state index contributed by atoms with van der Waals surface area (Å²) >= 11 is 6.27. The number of Topliss-reactive ketones (excluding diaryl/α,β-unsaturated/α-hetero) is 1. The lowest BCUT2D eigenvalue weighted by atomic mass is 9.99. The minimum atomic E-state index is -0.941. The summed E-state index contributed by atoms with van der Waals surface area (Å²) in [6, 6.07) is 14.3. The number of amides is 1. The second-order valence-electron chi connectivity index (χ2n) is 6.87. The number of aliphatic hydroxyl groups is 1. The first kappa shape index (κ1) is 19.8. The van der Waals surface area contributed by atoms with E-state index in [-0.39, 0.29) is 16.2 Å². The highest BCUT2D eigenvalue weighted by atomic mass is 35.5. The number of halogens is 1. The van der Waals surface area contributed by atoms with Crippen LogP contribution in [0.15, 0.2) is 70.9 Å². The molecule has 1 N–H and O–H groups in total. The van der Waals surface area contributed by atoms with E-state index in [4.69, 9.17) is 20.8 Å². The summed E-state index contributed by atoms with van der Waals surface area (Å²) in [7, 11) is 1.48. The van der Waals surface area contributed by atoms with E-state index in [1.165, 1.54) is 24.3 Å². The Bertz CT molecular complexity index is 1170. The molecule has 2 aromatic carbocycles. The van der Waals surface area contributed by atoms with Gasteiger partial charge >= 0.3 is 0 Å². The molecule has 152 valence electrons. The minimum Gasteiger partial charge on any atom is -0.507 e. The van der Waals surface area contributed by atoms with Crippen LogP contribution in [-0.2, 0) is 9.59 Å². The van der Waals surface area contributed by atoms with Gasteiger partial charge in [0.2, 0.25) is 0 Å². The SMILES string of the molecule is COc1ccc(Cl)c(/C(O)=C2/C(=O)C(=O)N(c3cccc(C)c3)C2c2ccco2)c1. The lowest BCUT2D eigenvalue weighted by Crippen LogP contribution is -2.29. The number of anilines is 1. The molecule has 7 heteroatoms. The molecule has 0 radical (unpaired) electrons. The van der Waals surface area contributed by atoms with Gasteiger partial charge in [-0.15, -0.1) is 0 Å². The number of ether oxygens (including phenoxy) is 1. The van der Waals surface area contributed by atoms with Crippen LogP contribution in [0.25, 0.3) is 5.76 Å². The molecule has 0 spiro atoms. The van der Waals surface area contributed by atoms with Crippen molar-refractivity contribution in [3.63, 3.8) is 0 Å². The predicted molar refractivity (Wildman–Crippen MR) is 113 cm³/mol. The number of aryl methyl sites for hydroxylation is 1. The van der Waals surface area contributed by atoms with Crippen molar-refractivity contribution in [2.75, 3.05) is 12.0 Å². The number of aliphatic hydroxyl groups excluding tert-OH is 1. The van der Waals surface area contributed by atoms with Crippen LogP contribution in [0, 0.1) is 6.92 Å².